The Kier molecular flexibility index (Phi) is 4.07. The molecule has 2 heterocycles. The minimum atomic E-state index is 0.692. The van der Waals surface area contributed by atoms with Crippen LogP contribution in [-0.2, 0) is 6.54 Å². The third kappa shape index (κ3) is 3.35. The highest BCUT2D eigenvalue weighted by Crippen LogP contribution is 2.13. The fourth-order valence-electron chi connectivity index (χ4n) is 2.33. The van der Waals surface area contributed by atoms with Crippen LogP contribution in [0.5, 0.6) is 0 Å². The predicted molar refractivity (Wildman–Crippen MR) is 82.1 cm³/mol. The van der Waals surface area contributed by atoms with Crippen molar-refractivity contribution in [3.05, 3.63) is 48.5 Å². The Morgan fingerprint density at radius 1 is 1.14 bits per heavy atom. The molecule has 0 fully saturated rings. The Labute approximate surface area is 123 Å². The van der Waals surface area contributed by atoms with Crippen LogP contribution in [0.3, 0.4) is 0 Å². The van der Waals surface area contributed by atoms with Gasteiger partial charge in [0.1, 0.15) is 18.4 Å². The van der Waals surface area contributed by atoms with Crippen LogP contribution in [0.15, 0.2) is 43.0 Å². The number of benzene rings is 1. The molecule has 21 heavy (non-hydrogen) atoms. The summed E-state index contributed by atoms with van der Waals surface area (Å²) in [6, 6.07) is 10.5. The highest BCUT2D eigenvalue weighted by Gasteiger charge is 2.07. The molecule has 1 unspecified atom stereocenters. The van der Waals surface area contributed by atoms with Gasteiger partial charge in [0, 0.05) is 5.56 Å². The topological polar surface area (TPSA) is 70.9 Å². The van der Waals surface area contributed by atoms with Crippen molar-refractivity contribution in [1.29, 1.82) is 0 Å². The van der Waals surface area contributed by atoms with Gasteiger partial charge < -0.3 is 15.2 Å². The number of aromatic amines is 1. The molecule has 3 rings (SSSR count). The third-order valence-corrected chi connectivity index (χ3v) is 3.42. The van der Waals surface area contributed by atoms with Crippen LogP contribution < -0.4 is 10.2 Å². The van der Waals surface area contributed by atoms with Gasteiger partial charge in [-0.15, -0.1) is 0 Å². The fraction of sp³-hybridized carbons (Fsp3) is 0.267. The van der Waals surface area contributed by atoms with Gasteiger partial charge in [-0.25, -0.2) is 15.0 Å². The minimum absolute atomic E-state index is 0.692. The van der Waals surface area contributed by atoms with Crippen LogP contribution in [0.4, 0.5) is 5.82 Å². The van der Waals surface area contributed by atoms with Gasteiger partial charge in [0.05, 0.1) is 26.5 Å². The number of hydrogen-bond donors (Lipinski definition) is 3. The summed E-state index contributed by atoms with van der Waals surface area (Å²) in [5.41, 5.74) is 2.91. The van der Waals surface area contributed by atoms with Crippen molar-refractivity contribution < 1.29 is 4.90 Å². The fourth-order valence-corrected chi connectivity index (χ4v) is 2.33. The molecule has 108 valence electrons. The second kappa shape index (κ2) is 6.32. The lowest BCUT2D eigenvalue weighted by molar-refractivity contribution is -0.891. The number of hydrogen-bond acceptors (Lipinski definition) is 4. The van der Waals surface area contributed by atoms with E-state index in [4.69, 9.17) is 0 Å². The van der Waals surface area contributed by atoms with Crippen molar-refractivity contribution in [2.24, 2.45) is 0 Å². The monoisotopic (exact) mass is 283 g/mol. The van der Waals surface area contributed by atoms with E-state index in [1.165, 1.54) is 16.8 Å². The number of fused-ring (bicyclic) bond motifs is 1. The van der Waals surface area contributed by atoms with Crippen molar-refractivity contribution in [3.63, 3.8) is 0 Å². The lowest BCUT2D eigenvalue weighted by atomic mass is 10.2. The SMILES string of the molecule is C[NH+](CCNc1ncnc2nc[nH]c12)Cc1ccccc1. The van der Waals surface area contributed by atoms with Gasteiger partial charge in [0.2, 0.25) is 0 Å². The van der Waals surface area contributed by atoms with Crippen molar-refractivity contribution in [1.82, 2.24) is 19.9 Å². The summed E-state index contributed by atoms with van der Waals surface area (Å²) in [7, 11) is 2.19. The molecule has 1 aromatic carbocycles. The highest BCUT2D eigenvalue weighted by molar-refractivity contribution is 5.81. The molecule has 0 aliphatic carbocycles. The molecular formula is C15H19N6+. The number of nitrogens with zero attached hydrogens (tertiary/aromatic N) is 3. The molecule has 1 atom stereocenters. The quantitative estimate of drug-likeness (QED) is 0.615. The van der Waals surface area contributed by atoms with E-state index in [0.717, 1.165) is 31.0 Å². The van der Waals surface area contributed by atoms with Crippen molar-refractivity contribution in [2.45, 2.75) is 6.54 Å². The summed E-state index contributed by atoms with van der Waals surface area (Å²) in [5.74, 6) is 0.810. The first-order chi connectivity index (χ1) is 10.3. The van der Waals surface area contributed by atoms with Crippen LogP contribution in [-0.4, -0.2) is 40.1 Å². The Balaban J connectivity index is 1.53. The highest BCUT2D eigenvalue weighted by atomic mass is 15.1. The molecule has 0 bridgehead atoms. The Hall–Kier alpha value is -2.47. The Morgan fingerprint density at radius 3 is 2.86 bits per heavy atom. The molecule has 0 radical (unpaired) electrons. The number of rotatable bonds is 6. The van der Waals surface area contributed by atoms with Crippen LogP contribution in [0.1, 0.15) is 5.56 Å². The average molecular weight is 283 g/mol. The number of likely N-dealkylation sites (N-methyl/N-ethyl adjacent to an activating group) is 1. The van der Waals surface area contributed by atoms with Crippen molar-refractivity contribution >= 4 is 17.0 Å². The summed E-state index contributed by atoms with van der Waals surface area (Å²) in [5, 5.41) is 3.35. The first-order valence-electron chi connectivity index (χ1n) is 7.06. The lowest BCUT2D eigenvalue weighted by Gasteiger charge is -2.14. The number of quaternary nitrogens is 1. The van der Waals surface area contributed by atoms with E-state index in [0.29, 0.717) is 5.65 Å². The number of nitrogens with one attached hydrogen (secondary N) is 3. The second-order valence-corrected chi connectivity index (χ2v) is 5.12. The van der Waals surface area contributed by atoms with Gasteiger partial charge in [-0.3, -0.25) is 0 Å². The van der Waals surface area contributed by atoms with E-state index in [2.05, 4.69) is 56.6 Å². The Morgan fingerprint density at radius 2 is 2.00 bits per heavy atom. The molecule has 2 aromatic heterocycles. The first kappa shape index (κ1) is 13.5. The normalized spacial score (nSPS) is 12.4. The van der Waals surface area contributed by atoms with E-state index in [-0.39, 0.29) is 0 Å². The zero-order valence-corrected chi connectivity index (χ0v) is 12.0. The number of imidazole rings is 1. The summed E-state index contributed by atoms with van der Waals surface area (Å²) < 4.78 is 0. The number of anilines is 1. The van der Waals surface area contributed by atoms with Crippen molar-refractivity contribution in [3.8, 4) is 0 Å². The summed E-state index contributed by atoms with van der Waals surface area (Å²) >= 11 is 0. The molecule has 3 aromatic rings. The molecule has 0 amide bonds. The largest absolute Gasteiger partial charge is 0.363 e. The van der Waals surface area contributed by atoms with Gasteiger partial charge in [-0.2, -0.15) is 0 Å². The third-order valence-electron chi connectivity index (χ3n) is 3.42. The summed E-state index contributed by atoms with van der Waals surface area (Å²) in [6.45, 7) is 2.88. The Bertz CT molecular complexity index is 693. The molecule has 0 spiro atoms. The zero-order valence-electron chi connectivity index (χ0n) is 12.0. The molecule has 0 saturated carbocycles. The standard InChI is InChI=1S/C15H18N6/c1-21(9-12-5-3-2-4-6-12)8-7-16-14-13-15(18-10-17-13)20-11-19-14/h2-6,10-11H,7-9H2,1H3,(H2,16,17,18,19,20)/p+1. The lowest BCUT2D eigenvalue weighted by Crippen LogP contribution is -3.08. The maximum absolute atomic E-state index is 4.26. The maximum Gasteiger partial charge on any atom is 0.182 e. The van der Waals surface area contributed by atoms with Crippen LogP contribution in [0.2, 0.25) is 0 Å². The smallest absolute Gasteiger partial charge is 0.182 e. The van der Waals surface area contributed by atoms with Gasteiger partial charge in [-0.05, 0) is 0 Å². The number of aromatic nitrogens is 4. The van der Waals surface area contributed by atoms with Crippen molar-refractivity contribution in [2.75, 3.05) is 25.5 Å². The zero-order chi connectivity index (χ0) is 14.5. The van der Waals surface area contributed by atoms with Crippen LogP contribution >= 0.6 is 0 Å². The van der Waals surface area contributed by atoms with Gasteiger partial charge in [-0.1, -0.05) is 30.3 Å². The molecule has 6 nitrogen and oxygen atoms in total. The second-order valence-electron chi connectivity index (χ2n) is 5.12. The summed E-state index contributed by atoms with van der Waals surface area (Å²) in [4.78, 5) is 17.0. The molecule has 3 N–H and O–H groups in total. The maximum atomic E-state index is 4.26. The first-order valence-corrected chi connectivity index (χ1v) is 7.06. The molecule has 0 saturated heterocycles. The van der Waals surface area contributed by atoms with Crippen LogP contribution in [0, 0.1) is 0 Å². The average Bonchev–Trinajstić information content (AvgIpc) is 2.97. The van der Waals surface area contributed by atoms with E-state index in [1.54, 1.807) is 6.33 Å². The van der Waals surface area contributed by atoms with Crippen LogP contribution in [0.25, 0.3) is 11.2 Å². The van der Waals surface area contributed by atoms with E-state index >= 15 is 0 Å². The molecule has 0 aliphatic heterocycles. The van der Waals surface area contributed by atoms with E-state index < -0.39 is 0 Å². The minimum Gasteiger partial charge on any atom is -0.363 e. The van der Waals surface area contributed by atoms with E-state index in [9.17, 15) is 0 Å². The number of H-pyrrole nitrogens is 1. The van der Waals surface area contributed by atoms with Gasteiger partial charge in [0.25, 0.3) is 0 Å². The predicted octanol–water partition coefficient (Wildman–Crippen LogP) is 0.480. The molecule has 6 heteroatoms. The van der Waals surface area contributed by atoms with E-state index in [1.807, 2.05) is 6.07 Å². The molecule has 0 aliphatic rings. The molecular weight excluding hydrogens is 264 g/mol. The van der Waals surface area contributed by atoms with Gasteiger partial charge in [0.15, 0.2) is 11.5 Å². The summed E-state index contributed by atoms with van der Waals surface area (Å²) in [6.07, 6.45) is 3.17. The van der Waals surface area contributed by atoms with Gasteiger partial charge >= 0.3 is 0 Å².